The van der Waals surface area contributed by atoms with Crippen molar-refractivity contribution in [2.24, 2.45) is 0 Å². The van der Waals surface area contributed by atoms with Gasteiger partial charge in [-0.15, -0.1) is 0 Å². The number of carboxylic acids is 2. The van der Waals surface area contributed by atoms with E-state index in [-0.39, 0.29) is 41.0 Å². The van der Waals surface area contributed by atoms with Gasteiger partial charge in [0.05, 0.1) is 29.1 Å². The predicted molar refractivity (Wildman–Crippen MR) is 131 cm³/mol. The van der Waals surface area contributed by atoms with Crippen molar-refractivity contribution in [2.75, 3.05) is 23.4 Å². The molecule has 0 fully saturated rings. The molecule has 1 amide bonds. The van der Waals surface area contributed by atoms with Crippen molar-refractivity contribution in [3.05, 3.63) is 39.1 Å². The molecule has 0 radical (unpaired) electrons. The second kappa shape index (κ2) is 10.7. The normalized spacial score (nSPS) is 11.7. The maximum Gasteiger partial charge on any atom is 0.326 e. The quantitative estimate of drug-likeness (QED) is 0.250. The molecule has 3 aromatic rings. The van der Waals surface area contributed by atoms with Gasteiger partial charge in [-0.05, 0) is 34.5 Å². The number of nitrogen functional groups attached to an aromatic ring is 2. The lowest BCUT2D eigenvalue weighted by atomic mass is 10.1. The summed E-state index contributed by atoms with van der Waals surface area (Å²) < 4.78 is 0.458. The maximum absolute atomic E-state index is 12.6. The van der Waals surface area contributed by atoms with Gasteiger partial charge < -0.3 is 31.9 Å². The fourth-order valence-electron chi connectivity index (χ4n) is 3.21. The van der Waals surface area contributed by atoms with Crippen LogP contribution in [0.1, 0.15) is 28.9 Å². The van der Waals surface area contributed by atoms with Crippen LogP contribution in [0.2, 0.25) is 5.02 Å². The molecule has 1 atom stereocenters. The molecule has 13 nitrogen and oxygen atoms in total. The van der Waals surface area contributed by atoms with E-state index in [1.807, 2.05) is 0 Å². The van der Waals surface area contributed by atoms with Crippen LogP contribution in [-0.4, -0.2) is 61.1 Å². The van der Waals surface area contributed by atoms with Crippen molar-refractivity contribution in [3.8, 4) is 0 Å². The van der Waals surface area contributed by atoms with Crippen LogP contribution < -0.4 is 21.7 Å². The molecule has 3 rings (SSSR count). The van der Waals surface area contributed by atoms with Gasteiger partial charge in [0, 0.05) is 23.5 Å². The molecular formula is C20H20BrClN8O5. The highest BCUT2D eigenvalue weighted by Crippen LogP contribution is 2.35. The molecule has 1 unspecified atom stereocenters. The van der Waals surface area contributed by atoms with Crippen molar-refractivity contribution >= 4 is 74.0 Å². The lowest BCUT2D eigenvalue weighted by Gasteiger charge is -2.22. The van der Waals surface area contributed by atoms with Gasteiger partial charge in [-0.3, -0.25) is 9.59 Å². The third-order valence-corrected chi connectivity index (χ3v) is 5.70. The summed E-state index contributed by atoms with van der Waals surface area (Å²) in [6.45, 7) is 0.257. The van der Waals surface area contributed by atoms with Crippen LogP contribution in [0.4, 0.5) is 17.5 Å². The molecule has 0 spiro atoms. The Bertz CT molecular complexity index is 1300. The Morgan fingerprint density at radius 1 is 1.20 bits per heavy atom. The number of carbonyl (C=O) groups excluding carboxylic acids is 1. The molecule has 2 aromatic heterocycles. The Hall–Kier alpha value is -3.78. The van der Waals surface area contributed by atoms with Crippen molar-refractivity contribution in [3.63, 3.8) is 0 Å². The number of nitrogens with zero attached hydrogens (tertiary/aromatic N) is 5. The van der Waals surface area contributed by atoms with E-state index in [1.54, 1.807) is 11.9 Å². The second-order valence-electron chi connectivity index (χ2n) is 7.44. The van der Waals surface area contributed by atoms with Crippen molar-refractivity contribution < 1.29 is 24.6 Å². The zero-order valence-electron chi connectivity index (χ0n) is 18.2. The van der Waals surface area contributed by atoms with Gasteiger partial charge in [-0.25, -0.2) is 14.8 Å². The number of anilines is 3. The molecule has 0 saturated heterocycles. The maximum atomic E-state index is 12.6. The fourth-order valence-corrected chi connectivity index (χ4v) is 4.45. The summed E-state index contributed by atoms with van der Waals surface area (Å²) in [6, 6.07) is 1.49. The SMILES string of the molecule is CN(Cc1cnc2nc(N)nc(N)c2n1)c1c(Cl)cc(C(=O)NC(CCC(=O)O)C(=O)O)cc1Br. The highest BCUT2D eigenvalue weighted by Gasteiger charge is 2.23. The topological polar surface area (TPSA) is 211 Å². The Morgan fingerprint density at radius 3 is 2.54 bits per heavy atom. The summed E-state index contributed by atoms with van der Waals surface area (Å²) >= 11 is 9.84. The number of aliphatic carboxylic acids is 2. The number of rotatable bonds is 9. The number of hydrogen-bond donors (Lipinski definition) is 5. The van der Waals surface area contributed by atoms with Crippen LogP contribution in [-0.2, 0) is 16.1 Å². The van der Waals surface area contributed by atoms with Crippen LogP contribution in [0.5, 0.6) is 0 Å². The smallest absolute Gasteiger partial charge is 0.326 e. The summed E-state index contributed by atoms with van der Waals surface area (Å²) in [6.07, 6.45) is 0.840. The third kappa shape index (κ3) is 6.22. The van der Waals surface area contributed by atoms with E-state index in [1.165, 1.54) is 18.3 Å². The summed E-state index contributed by atoms with van der Waals surface area (Å²) in [5, 5.41) is 20.5. The predicted octanol–water partition coefficient (Wildman–Crippen LogP) is 1.68. The molecule has 15 heteroatoms. The first-order chi connectivity index (χ1) is 16.5. The van der Waals surface area contributed by atoms with Crippen LogP contribution in [0.15, 0.2) is 22.8 Å². The first-order valence-electron chi connectivity index (χ1n) is 9.96. The summed E-state index contributed by atoms with van der Waals surface area (Å²) in [7, 11) is 1.74. The molecule has 0 aliphatic carbocycles. The number of hydrogen-bond acceptors (Lipinski definition) is 10. The van der Waals surface area contributed by atoms with Gasteiger partial charge in [0.2, 0.25) is 5.95 Å². The van der Waals surface area contributed by atoms with E-state index < -0.39 is 30.3 Å². The summed E-state index contributed by atoms with van der Waals surface area (Å²) in [5.74, 6) is -3.13. The zero-order valence-corrected chi connectivity index (χ0v) is 20.5. The average Bonchev–Trinajstić information content (AvgIpc) is 2.75. The van der Waals surface area contributed by atoms with E-state index >= 15 is 0 Å². The number of aromatic nitrogens is 4. The third-order valence-electron chi connectivity index (χ3n) is 4.81. The second-order valence-corrected chi connectivity index (χ2v) is 8.70. The van der Waals surface area contributed by atoms with E-state index in [4.69, 9.17) is 28.2 Å². The lowest BCUT2D eigenvalue weighted by Crippen LogP contribution is -2.41. The van der Waals surface area contributed by atoms with Crippen LogP contribution in [0, 0.1) is 0 Å². The largest absolute Gasteiger partial charge is 0.481 e. The molecule has 0 aliphatic heterocycles. The van der Waals surface area contributed by atoms with E-state index in [2.05, 4.69) is 41.2 Å². The number of nitrogens with two attached hydrogens (primary N) is 2. The van der Waals surface area contributed by atoms with Gasteiger partial charge in [0.1, 0.15) is 6.04 Å². The van der Waals surface area contributed by atoms with E-state index in [0.29, 0.717) is 21.4 Å². The van der Waals surface area contributed by atoms with Crippen molar-refractivity contribution in [1.82, 2.24) is 25.3 Å². The minimum absolute atomic E-state index is 0.00873. The van der Waals surface area contributed by atoms with Crippen LogP contribution in [0.3, 0.4) is 0 Å². The van der Waals surface area contributed by atoms with Gasteiger partial charge >= 0.3 is 11.9 Å². The Balaban J connectivity index is 1.80. The molecule has 184 valence electrons. The van der Waals surface area contributed by atoms with Gasteiger partial charge in [0.25, 0.3) is 5.91 Å². The van der Waals surface area contributed by atoms with Crippen LogP contribution in [0.25, 0.3) is 11.2 Å². The molecule has 2 heterocycles. The molecule has 0 bridgehead atoms. The highest BCUT2D eigenvalue weighted by molar-refractivity contribution is 9.10. The molecule has 0 aliphatic rings. The van der Waals surface area contributed by atoms with E-state index in [9.17, 15) is 19.5 Å². The van der Waals surface area contributed by atoms with Gasteiger partial charge in [0.15, 0.2) is 17.0 Å². The summed E-state index contributed by atoms with van der Waals surface area (Å²) in [4.78, 5) is 53.0. The number of benzene rings is 1. The molecule has 1 aromatic carbocycles. The highest BCUT2D eigenvalue weighted by atomic mass is 79.9. The monoisotopic (exact) mass is 566 g/mol. The Morgan fingerprint density at radius 2 is 1.91 bits per heavy atom. The lowest BCUT2D eigenvalue weighted by molar-refractivity contribution is -0.140. The van der Waals surface area contributed by atoms with Gasteiger partial charge in [-0.2, -0.15) is 9.97 Å². The number of fused-ring (bicyclic) bond motifs is 1. The number of carboxylic acid groups (broad SMARTS) is 2. The minimum Gasteiger partial charge on any atom is -0.481 e. The van der Waals surface area contributed by atoms with E-state index in [0.717, 1.165) is 0 Å². The molecule has 7 N–H and O–H groups in total. The molecule has 35 heavy (non-hydrogen) atoms. The van der Waals surface area contributed by atoms with Crippen molar-refractivity contribution in [2.45, 2.75) is 25.4 Å². The Kier molecular flexibility index (Phi) is 7.86. The standard InChI is InChI=1S/C20H20BrClN8O5/c1-30(7-9-6-25-17-14(26-9)16(23)28-20(24)29-17)15-10(21)4-8(5-11(15)22)18(33)27-12(19(34)35)2-3-13(31)32/h4-6,12H,2-3,7H2,1H3,(H,27,33)(H,31,32)(H,34,35)(H4,23,24,25,28,29). The first-order valence-corrected chi connectivity index (χ1v) is 11.1. The average molecular weight is 568 g/mol. The molecule has 0 saturated carbocycles. The fraction of sp³-hybridized carbons (Fsp3) is 0.250. The Labute approximate surface area is 211 Å². The first kappa shape index (κ1) is 25.8. The van der Waals surface area contributed by atoms with Crippen LogP contribution >= 0.6 is 27.5 Å². The number of halogens is 2. The zero-order chi connectivity index (χ0) is 25.9. The number of amides is 1. The minimum atomic E-state index is -1.36. The van der Waals surface area contributed by atoms with Crippen molar-refractivity contribution in [1.29, 1.82) is 0 Å². The number of carbonyl (C=O) groups is 3. The number of nitrogens with one attached hydrogen (secondary N) is 1. The molecular weight excluding hydrogens is 548 g/mol. The summed E-state index contributed by atoms with van der Waals surface area (Å²) in [5.41, 5.74) is 13.2. The van der Waals surface area contributed by atoms with Gasteiger partial charge in [-0.1, -0.05) is 11.6 Å².